The predicted octanol–water partition coefficient (Wildman–Crippen LogP) is 5.24. The van der Waals surface area contributed by atoms with Gasteiger partial charge < -0.3 is 9.47 Å². The van der Waals surface area contributed by atoms with E-state index in [2.05, 4.69) is 21.4 Å². The van der Waals surface area contributed by atoms with Crippen LogP contribution in [0.3, 0.4) is 0 Å². The van der Waals surface area contributed by atoms with Crippen LogP contribution in [0.15, 0.2) is 71.2 Å². The van der Waals surface area contributed by atoms with E-state index in [1.807, 2.05) is 24.5 Å². The molecule has 2 aromatic rings. The summed E-state index contributed by atoms with van der Waals surface area (Å²) in [5.74, 6) is -0.276. The van der Waals surface area contributed by atoms with Crippen molar-refractivity contribution in [1.82, 2.24) is 0 Å². The average Bonchev–Trinajstić information content (AvgIpc) is 2.76. The van der Waals surface area contributed by atoms with Gasteiger partial charge in [0, 0.05) is 24.1 Å². The quantitative estimate of drug-likeness (QED) is 0.123. The van der Waals surface area contributed by atoms with Gasteiger partial charge in [0.05, 0.1) is 23.9 Å². The van der Waals surface area contributed by atoms with Gasteiger partial charge in [-0.05, 0) is 44.0 Å². The molecular weight excluding hydrogens is 394 g/mol. The van der Waals surface area contributed by atoms with E-state index in [-0.39, 0.29) is 17.9 Å². The Hall–Kier alpha value is -3.35. The second-order valence-electron chi connectivity index (χ2n) is 7.54. The molecule has 2 rings (SSSR count). The number of azo groups is 1. The number of rotatable bonds is 11. The van der Waals surface area contributed by atoms with E-state index in [1.54, 1.807) is 45.0 Å². The summed E-state index contributed by atoms with van der Waals surface area (Å²) in [6.07, 6.45) is 6.72. The van der Waals surface area contributed by atoms with Crippen molar-refractivity contribution in [1.29, 1.82) is 0 Å². The number of nitrogens with zero attached hydrogens (tertiary/aromatic N) is 3. The van der Waals surface area contributed by atoms with Gasteiger partial charge in [-0.1, -0.05) is 20.4 Å². The first-order valence-corrected chi connectivity index (χ1v) is 10.4. The van der Waals surface area contributed by atoms with Crippen molar-refractivity contribution < 1.29 is 23.6 Å². The maximum Gasteiger partial charge on any atom is 0.333 e. The Bertz CT molecular complexity index is 903. The fraction of sp³-hybridized carbons (Fsp3) is 0.375. The standard InChI is InChI=1S/C24H30N3O4/c1-18(2)23(28)30-17-7-5-6-14-27-15-12-21(13-16-27)26-25-20-8-10-22(11-9-20)31-24(29)19(3)4/h8-13,15-16,19H,1,5-7,14,17H2,2-4H3/q+1. The van der Waals surface area contributed by atoms with Crippen LogP contribution in [0.4, 0.5) is 11.4 Å². The Labute approximate surface area is 183 Å². The van der Waals surface area contributed by atoms with Crippen molar-refractivity contribution in [2.75, 3.05) is 6.61 Å². The predicted molar refractivity (Wildman–Crippen MR) is 117 cm³/mol. The normalized spacial score (nSPS) is 11.0. The summed E-state index contributed by atoms with van der Waals surface area (Å²) in [6.45, 7) is 10.1. The molecule has 0 spiro atoms. The van der Waals surface area contributed by atoms with Gasteiger partial charge in [0.1, 0.15) is 12.3 Å². The highest BCUT2D eigenvalue weighted by atomic mass is 16.5. The van der Waals surface area contributed by atoms with Crippen LogP contribution in [-0.2, 0) is 20.9 Å². The topological polar surface area (TPSA) is 81.2 Å². The van der Waals surface area contributed by atoms with E-state index in [1.165, 1.54) is 0 Å². The van der Waals surface area contributed by atoms with Crippen LogP contribution in [0.1, 0.15) is 40.0 Å². The van der Waals surface area contributed by atoms with E-state index >= 15 is 0 Å². The Balaban J connectivity index is 1.74. The largest absolute Gasteiger partial charge is 0.462 e. The third kappa shape index (κ3) is 8.90. The fourth-order valence-electron chi connectivity index (χ4n) is 2.46. The molecule has 0 saturated carbocycles. The number of hydrogen-bond acceptors (Lipinski definition) is 6. The number of hydrogen-bond donors (Lipinski definition) is 0. The molecule has 0 unspecified atom stereocenters. The maximum atomic E-state index is 11.6. The molecule has 0 atom stereocenters. The monoisotopic (exact) mass is 424 g/mol. The molecule has 0 fully saturated rings. The third-order valence-electron chi connectivity index (χ3n) is 4.32. The number of esters is 2. The van der Waals surface area contributed by atoms with E-state index in [0.717, 1.165) is 31.5 Å². The smallest absolute Gasteiger partial charge is 0.333 e. The minimum absolute atomic E-state index is 0.174. The van der Waals surface area contributed by atoms with Gasteiger partial charge in [-0.2, -0.15) is 10.2 Å². The number of aromatic nitrogens is 1. The van der Waals surface area contributed by atoms with Gasteiger partial charge in [0.2, 0.25) is 0 Å². The fourth-order valence-corrected chi connectivity index (χ4v) is 2.46. The van der Waals surface area contributed by atoms with Gasteiger partial charge in [0.15, 0.2) is 12.4 Å². The summed E-state index contributed by atoms with van der Waals surface area (Å²) in [7, 11) is 0. The highest BCUT2D eigenvalue weighted by molar-refractivity contribution is 5.86. The van der Waals surface area contributed by atoms with Crippen molar-refractivity contribution in [2.45, 2.75) is 46.6 Å². The molecule has 0 amide bonds. The van der Waals surface area contributed by atoms with Crippen molar-refractivity contribution >= 4 is 23.3 Å². The molecular formula is C24H30N3O4+. The van der Waals surface area contributed by atoms with Crippen LogP contribution in [-0.4, -0.2) is 18.5 Å². The van der Waals surface area contributed by atoms with Crippen LogP contribution in [0.5, 0.6) is 5.75 Å². The summed E-state index contributed by atoms with van der Waals surface area (Å²) in [6, 6.07) is 10.7. The minimum atomic E-state index is -0.329. The van der Waals surface area contributed by atoms with Crippen molar-refractivity contribution in [3.63, 3.8) is 0 Å². The van der Waals surface area contributed by atoms with Crippen molar-refractivity contribution in [3.8, 4) is 5.75 Å². The molecule has 7 nitrogen and oxygen atoms in total. The molecule has 0 aliphatic rings. The number of carbonyl (C=O) groups excluding carboxylic acids is 2. The van der Waals surface area contributed by atoms with Gasteiger partial charge in [-0.3, -0.25) is 4.79 Å². The SMILES string of the molecule is C=C(C)C(=O)OCCCCC[n+]1ccc(N=Nc2ccc(OC(=O)C(C)C)cc2)cc1. The Kier molecular flexibility index (Phi) is 9.55. The lowest BCUT2D eigenvalue weighted by molar-refractivity contribution is -0.697. The Morgan fingerprint density at radius 2 is 1.58 bits per heavy atom. The van der Waals surface area contributed by atoms with E-state index in [4.69, 9.17) is 9.47 Å². The molecule has 0 aliphatic heterocycles. The Morgan fingerprint density at radius 3 is 2.16 bits per heavy atom. The highest BCUT2D eigenvalue weighted by Crippen LogP contribution is 2.21. The third-order valence-corrected chi connectivity index (χ3v) is 4.32. The summed E-state index contributed by atoms with van der Waals surface area (Å²) in [5.41, 5.74) is 1.85. The van der Waals surface area contributed by atoms with Crippen molar-refractivity contribution in [2.24, 2.45) is 16.1 Å². The van der Waals surface area contributed by atoms with Crippen LogP contribution in [0.2, 0.25) is 0 Å². The van der Waals surface area contributed by atoms with Gasteiger partial charge in [0.25, 0.3) is 0 Å². The van der Waals surface area contributed by atoms with Gasteiger partial charge in [-0.25, -0.2) is 9.36 Å². The van der Waals surface area contributed by atoms with Gasteiger partial charge in [-0.15, -0.1) is 0 Å². The van der Waals surface area contributed by atoms with Crippen molar-refractivity contribution in [3.05, 3.63) is 60.9 Å². The molecule has 0 saturated heterocycles. The minimum Gasteiger partial charge on any atom is -0.462 e. The second-order valence-corrected chi connectivity index (χ2v) is 7.54. The molecule has 164 valence electrons. The summed E-state index contributed by atoms with van der Waals surface area (Å²) in [4.78, 5) is 22.9. The zero-order chi connectivity index (χ0) is 22.6. The zero-order valence-electron chi connectivity index (χ0n) is 18.4. The molecule has 31 heavy (non-hydrogen) atoms. The lowest BCUT2D eigenvalue weighted by Crippen LogP contribution is -2.32. The number of carbonyl (C=O) groups is 2. The molecule has 0 N–H and O–H groups in total. The first kappa shape index (κ1) is 23.9. The van der Waals surface area contributed by atoms with Crippen LogP contribution in [0.25, 0.3) is 0 Å². The molecule has 1 aromatic heterocycles. The van der Waals surface area contributed by atoms with Crippen LogP contribution >= 0.6 is 0 Å². The summed E-state index contributed by atoms with van der Waals surface area (Å²) in [5, 5.41) is 8.45. The first-order valence-electron chi connectivity index (χ1n) is 10.4. The molecule has 0 aliphatic carbocycles. The average molecular weight is 425 g/mol. The number of pyridine rings is 1. The number of ether oxygens (including phenoxy) is 2. The molecule has 1 heterocycles. The molecule has 0 radical (unpaired) electrons. The van der Waals surface area contributed by atoms with Crippen LogP contribution in [0, 0.1) is 5.92 Å². The van der Waals surface area contributed by atoms with E-state index < -0.39 is 0 Å². The number of benzene rings is 1. The second kappa shape index (κ2) is 12.4. The molecule has 0 bridgehead atoms. The lowest BCUT2D eigenvalue weighted by Gasteiger charge is -2.06. The highest BCUT2D eigenvalue weighted by Gasteiger charge is 2.09. The summed E-state index contributed by atoms with van der Waals surface area (Å²) >= 11 is 0. The summed E-state index contributed by atoms with van der Waals surface area (Å²) < 4.78 is 12.4. The van der Waals surface area contributed by atoms with E-state index in [0.29, 0.717) is 23.6 Å². The number of aryl methyl sites for hydroxylation is 1. The molecule has 1 aromatic carbocycles. The molecule has 7 heteroatoms. The first-order chi connectivity index (χ1) is 14.8. The Morgan fingerprint density at radius 1 is 0.968 bits per heavy atom. The van der Waals surface area contributed by atoms with Gasteiger partial charge >= 0.3 is 11.9 Å². The van der Waals surface area contributed by atoms with E-state index in [9.17, 15) is 9.59 Å². The zero-order valence-corrected chi connectivity index (χ0v) is 18.4. The lowest BCUT2D eigenvalue weighted by atomic mass is 10.2. The number of unbranched alkanes of at least 4 members (excludes halogenated alkanes) is 2. The van der Waals surface area contributed by atoms with Crippen LogP contribution < -0.4 is 9.30 Å². The maximum absolute atomic E-state index is 11.6.